The van der Waals surface area contributed by atoms with E-state index in [0.717, 1.165) is 0 Å². The van der Waals surface area contributed by atoms with Gasteiger partial charge in [-0.3, -0.25) is 4.79 Å². The van der Waals surface area contributed by atoms with Crippen LogP contribution < -0.4 is 5.32 Å². The van der Waals surface area contributed by atoms with Crippen LogP contribution in [0.15, 0.2) is 12.1 Å². The molecular weight excluding hydrogens is 228 g/mol. The van der Waals surface area contributed by atoms with Crippen molar-refractivity contribution in [3.05, 3.63) is 22.8 Å². The molecule has 0 saturated heterocycles. The minimum absolute atomic E-state index is 0.272. The largest absolute Gasteiger partial charge is 0.373 e. The fourth-order valence-electron chi connectivity index (χ4n) is 1.00. The summed E-state index contributed by atoms with van der Waals surface area (Å²) in [6.07, 6.45) is -0.140. The molecule has 0 aliphatic rings. The topological polar surface area (TPSA) is 62.2 Å². The van der Waals surface area contributed by atoms with Crippen molar-refractivity contribution >= 4 is 23.7 Å². The number of nitrogens with one attached hydrogen (secondary N) is 1. The monoisotopic (exact) mass is 242 g/mol. The van der Waals surface area contributed by atoms with Gasteiger partial charge in [0, 0.05) is 5.41 Å². The first-order chi connectivity index (χ1) is 7.34. The summed E-state index contributed by atoms with van der Waals surface area (Å²) in [5, 5.41) is 12.9. The van der Waals surface area contributed by atoms with Gasteiger partial charge in [-0.25, -0.2) is 4.98 Å². The van der Waals surface area contributed by atoms with Gasteiger partial charge in [0.05, 0.1) is 5.56 Å². The molecule has 1 aromatic heterocycles. The quantitative estimate of drug-likeness (QED) is 0.485. The molecule has 0 amide bonds. The van der Waals surface area contributed by atoms with E-state index in [1.54, 1.807) is 6.07 Å². The van der Waals surface area contributed by atoms with Gasteiger partial charge < -0.3 is 10.4 Å². The summed E-state index contributed by atoms with van der Waals surface area (Å²) >= 11 is 5.72. The first kappa shape index (κ1) is 12.9. The normalized spacial score (nSPS) is 13.3. The number of nitrogens with zero attached hydrogens (tertiary/aromatic N) is 1. The average molecular weight is 243 g/mol. The maximum absolute atomic E-state index is 10.8. The number of aliphatic hydroxyl groups is 1. The second kappa shape index (κ2) is 4.80. The van der Waals surface area contributed by atoms with Gasteiger partial charge >= 0.3 is 0 Å². The zero-order valence-electron chi connectivity index (χ0n) is 9.49. The van der Waals surface area contributed by atoms with E-state index in [0.29, 0.717) is 17.7 Å². The van der Waals surface area contributed by atoms with Crippen LogP contribution in [0.25, 0.3) is 0 Å². The van der Waals surface area contributed by atoms with E-state index in [9.17, 15) is 9.90 Å². The highest BCUT2D eigenvalue weighted by Crippen LogP contribution is 2.22. The van der Waals surface area contributed by atoms with E-state index < -0.39 is 6.23 Å². The third-order valence-corrected chi connectivity index (χ3v) is 2.32. The van der Waals surface area contributed by atoms with Crippen LogP contribution in [0.2, 0.25) is 5.15 Å². The van der Waals surface area contributed by atoms with Crippen LogP contribution in [0, 0.1) is 5.41 Å². The van der Waals surface area contributed by atoms with Gasteiger partial charge in [0.25, 0.3) is 0 Å². The van der Waals surface area contributed by atoms with Gasteiger partial charge in [-0.15, -0.1) is 0 Å². The molecule has 0 aliphatic heterocycles. The van der Waals surface area contributed by atoms with Crippen molar-refractivity contribution in [2.45, 2.75) is 27.0 Å². The Balaban J connectivity index is 2.96. The first-order valence-corrected chi connectivity index (χ1v) is 5.28. The minimum atomic E-state index is -0.808. The Morgan fingerprint density at radius 2 is 2.12 bits per heavy atom. The maximum Gasteiger partial charge on any atom is 0.153 e. The second-order valence-corrected chi connectivity index (χ2v) is 4.99. The Kier molecular flexibility index (Phi) is 3.88. The van der Waals surface area contributed by atoms with Crippen LogP contribution in [0.4, 0.5) is 5.82 Å². The van der Waals surface area contributed by atoms with Gasteiger partial charge in [0.1, 0.15) is 17.2 Å². The highest BCUT2D eigenvalue weighted by Gasteiger charge is 2.23. The maximum atomic E-state index is 10.8. The molecule has 1 heterocycles. The number of aromatic nitrogens is 1. The highest BCUT2D eigenvalue weighted by molar-refractivity contribution is 6.29. The zero-order chi connectivity index (χ0) is 12.3. The molecule has 16 heavy (non-hydrogen) atoms. The second-order valence-electron chi connectivity index (χ2n) is 4.60. The molecule has 1 atom stereocenters. The molecule has 0 saturated carbocycles. The third-order valence-electron chi connectivity index (χ3n) is 2.11. The number of pyridine rings is 1. The molecule has 0 spiro atoms. The number of aliphatic hydroxyl groups excluding tert-OH is 1. The van der Waals surface area contributed by atoms with Gasteiger partial charge in [-0.05, 0) is 12.1 Å². The van der Waals surface area contributed by atoms with Gasteiger partial charge in [-0.2, -0.15) is 0 Å². The number of hydrogen-bond acceptors (Lipinski definition) is 4. The number of halogens is 1. The number of aldehydes is 1. The summed E-state index contributed by atoms with van der Waals surface area (Å²) in [5.41, 5.74) is 0.0112. The van der Waals surface area contributed by atoms with Crippen LogP contribution in [0.3, 0.4) is 0 Å². The predicted octanol–water partition coefficient (Wildman–Crippen LogP) is 2.32. The molecule has 4 nitrogen and oxygen atoms in total. The van der Waals surface area contributed by atoms with E-state index >= 15 is 0 Å². The molecule has 0 bridgehead atoms. The van der Waals surface area contributed by atoms with Crippen molar-refractivity contribution in [3.63, 3.8) is 0 Å². The molecule has 0 aromatic carbocycles. The van der Waals surface area contributed by atoms with Crippen LogP contribution in [-0.4, -0.2) is 22.6 Å². The van der Waals surface area contributed by atoms with Crippen molar-refractivity contribution in [2.24, 2.45) is 5.41 Å². The molecule has 2 N–H and O–H groups in total. The Labute approximate surface area is 99.6 Å². The molecule has 0 aliphatic carbocycles. The molecule has 1 aromatic rings. The van der Waals surface area contributed by atoms with Gasteiger partial charge in [0.15, 0.2) is 6.29 Å². The Morgan fingerprint density at radius 1 is 1.50 bits per heavy atom. The molecule has 1 rings (SSSR count). The lowest BCUT2D eigenvalue weighted by Crippen LogP contribution is -2.34. The predicted molar refractivity (Wildman–Crippen MR) is 63.7 cm³/mol. The lowest BCUT2D eigenvalue weighted by atomic mass is 9.94. The number of rotatable bonds is 3. The van der Waals surface area contributed by atoms with Crippen LogP contribution >= 0.6 is 11.6 Å². The van der Waals surface area contributed by atoms with E-state index in [2.05, 4.69) is 10.3 Å². The molecule has 88 valence electrons. The molecule has 0 fully saturated rings. The van der Waals surface area contributed by atoms with Crippen molar-refractivity contribution in [1.82, 2.24) is 4.98 Å². The molecule has 5 heteroatoms. The molecule has 1 unspecified atom stereocenters. The Morgan fingerprint density at radius 3 is 2.62 bits per heavy atom. The van der Waals surface area contributed by atoms with E-state index in [1.807, 2.05) is 20.8 Å². The lowest BCUT2D eigenvalue weighted by molar-refractivity contribution is 0.0875. The number of hydrogen-bond donors (Lipinski definition) is 2. The van der Waals surface area contributed by atoms with Crippen molar-refractivity contribution in [3.8, 4) is 0 Å². The van der Waals surface area contributed by atoms with Crippen molar-refractivity contribution in [1.29, 1.82) is 0 Å². The summed E-state index contributed by atoms with van der Waals surface area (Å²) in [6.45, 7) is 5.61. The van der Waals surface area contributed by atoms with Crippen molar-refractivity contribution in [2.75, 3.05) is 5.32 Å². The first-order valence-electron chi connectivity index (χ1n) is 4.91. The molecule has 0 radical (unpaired) electrons. The van der Waals surface area contributed by atoms with E-state index in [1.165, 1.54) is 6.07 Å². The van der Waals surface area contributed by atoms with Gasteiger partial charge in [-0.1, -0.05) is 32.4 Å². The van der Waals surface area contributed by atoms with Crippen molar-refractivity contribution < 1.29 is 9.90 Å². The van der Waals surface area contributed by atoms with Gasteiger partial charge in [0.2, 0.25) is 0 Å². The summed E-state index contributed by atoms with van der Waals surface area (Å²) < 4.78 is 0. The third kappa shape index (κ3) is 3.18. The van der Waals surface area contributed by atoms with Crippen LogP contribution in [-0.2, 0) is 0 Å². The van der Waals surface area contributed by atoms with Crippen LogP contribution in [0.1, 0.15) is 31.1 Å². The fourth-order valence-corrected chi connectivity index (χ4v) is 1.15. The zero-order valence-corrected chi connectivity index (χ0v) is 10.2. The number of carbonyl (C=O) groups is 1. The summed E-state index contributed by atoms with van der Waals surface area (Å²) in [6, 6.07) is 3.08. The summed E-state index contributed by atoms with van der Waals surface area (Å²) in [4.78, 5) is 14.7. The summed E-state index contributed by atoms with van der Waals surface area (Å²) in [7, 11) is 0. The Hall–Kier alpha value is -1.13. The average Bonchev–Trinajstić information content (AvgIpc) is 2.16. The standard InChI is InChI=1S/C11H15ClN2O2/c1-11(2,3)10(16)14-9-7(6-15)4-5-8(12)13-9/h4-6,10,16H,1-3H3,(H,13,14). The van der Waals surface area contributed by atoms with E-state index in [4.69, 9.17) is 11.6 Å². The molecular formula is C11H15ClN2O2. The van der Waals surface area contributed by atoms with Crippen LogP contribution in [0.5, 0.6) is 0 Å². The summed E-state index contributed by atoms with van der Waals surface area (Å²) in [5.74, 6) is 0.296. The lowest BCUT2D eigenvalue weighted by Gasteiger charge is -2.27. The minimum Gasteiger partial charge on any atom is -0.373 e. The fraction of sp³-hybridized carbons (Fsp3) is 0.455. The number of carbonyl (C=O) groups excluding carboxylic acids is 1. The highest BCUT2D eigenvalue weighted by atomic mass is 35.5. The number of anilines is 1. The SMILES string of the molecule is CC(C)(C)C(O)Nc1nc(Cl)ccc1C=O. The van der Waals surface area contributed by atoms with E-state index in [-0.39, 0.29) is 10.6 Å². The Bertz CT molecular complexity index is 388. The smallest absolute Gasteiger partial charge is 0.153 e.